The summed E-state index contributed by atoms with van der Waals surface area (Å²) in [6, 6.07) is 0. The minimum atomic E-state index is -0.404. The van der Waals surface area contributed by atoms with Gasteiger partial charge in [0.2, 0.25) is 5.91 Å². The lowest BCUT2D eigenvalue weighted by atomic mass is 9.76. The zero-order valence-electron chi connectivity index (χ0n) is 9.46. The van der Waals surface area contributed by atoms with Gasteiger partial charge in [0.25, 0.3) is 0 Å². The van der Waals surface area contributed by atoms with Crippen LogP contribution in [-0.2, 0) is 9.63 Å². The molecule has 0 aliphatic carbocycles. The summed E-state index contributed by atoms with van der Waals surface area (Å²) in [7, 11) is 0. The molecular weight excluding hydrogens is 180 g/mol. The van der Waals surface area contributed by atoms with Crippen molar-refractivity contribution in [3.8, 4) is 0 Å². The number of hydrogen-bond donors (Lipinski definition) is 1. The van der Waals surface area contributed by atoms with Crippen molar-refractivity contribution in [2.45, 2.75) is 39.7 Å². The van der Waals surface area contributed by atoms with E-state index in [0.29, 0.717) is 19.5 Å². The number of nitrogens with two attached hydrogens (primary N) is 1. The molecule has 4 heteroatoms. The molecule has 1 fully saturated rings. The van der Waals surface area contributed by atoms with Crippen molar-refractivity contribution < 1.29 is 9.63 Å². The smallest absolute Gasteiger partial charge is 0.249 e. The first-order valence-corrected chi connectivity index (χ1v) is 5.00. The molecule has 82 valence electrons. The van der Waals surface area contributed by atoms with E-state index in [9.17, 15) is 4.79 Å². The maximum atomic E-state index is 11.6. The summed E-state index contributed by atoms with van der Waals surface area (Å²) in [5.41, 5.74) is 4.94. The summed E-state index contributed by atoms with van der Waals surface area (Å²) < 4.78 is 0. The van der Waals surface area contributed by atoms with Crippen molar-refractivity contribution >= 4 is 5.91 Å². The fraction of sp³-hybridized carbons (Fsp3) is 0.900. The largest absolute Gasteiger partial charge is 0.329 e. The summed E-state index contributed by atoms with van der Waals surface area (Å²) in [5, 5.41) is 1.39. The number of carbonyl (C=O) groups is 1. The number of hydrogen-bond acceptors (Lipinski definition) is 3. The third-order valence-electron chi connectivity index (χ3n) is 3.00. The minimum Gasteiger partial charge on any atom is -0.329 e. The Balaban J connectivity index is 2.75. The fourth-order valence-electron chi connectivity index (χ4n) is 1.39. The highest BCUT2D eigenvalue weighted by atomic mass is 16.7. The molecule has 0 aromatic carbocycles. The molecule has 1 atom stereocenters. The molecule has 0 spiro atoms. The van der Waals surface area contributed by atoms with Crippen LogP contribution in [0.4, 0.5) is 0 Å². The van der Waals surface area contributed by atoms with Crippen LogP contribution >= 0.6 is 0 Å². The van der Waals surface area contributed by atoms with Gasteiger partial charge in [0.1, 0.15) is 5.60 Å². The van der Waals surface area contributed by atoms with E-state index in [1.54, 1.807) is 0 Å². The maximum Gasteiger partial charge on any atom is 0.249 e. The standard InChI is InChI=1S/C10H20N2O2/c1-9(2,3)10(4)7-8(13)12(14-10)6-5-11/h5-7,11H2,1-4H3. The second-order valence-corrected chi connectivity index (χ2v) is 5.03. The molecule has 0 radical (unpaired) electrons. The molecular formula is C10H20N2O2. The van der Waals surface area contributed by atoms with E-state index >= 15 is 0 Å². The fourth-order valence-corrected chi connectivity index (χ4v) is 1.39. The maximum absolute atomic E-state index is 11.6. The number of hydroxylamine groups is 2. The van der Waals surface area contributed by atoms with Crippen LogP contribution in [0.2, 0.25) is 0 Å². The van der Waals surface area contributed by atoms with Gasteiger partial charge in [-0.15, -0.1) is 0 Å². The highest BCUT2D eigenvalue weighted by Crippen LogP contribution is 2.41. The Morgan fingerprint density at radius 2 is 2.14 bits per heavy atom. The first kappa shape index (κ1) is 11.5. The summed E-state index contributed by atoms with van der Waals surface area (Å²) in [5.74, 6) is 0.0351. The van der Waals surface area contributed by atoms with Gasteiger partial charge in [0, 0.05) is 6.54 Å². The molecule has 1 saturated heterocycles. The van der Waals surface area contributed by atoms with E-state index < -0.39 is 5.60 Å². The topological polar surface area (TPSA) is 55.6 Å². The molecule has 1 amide bonds. The molecule has 1 unspecified atom stereocenters. The molecule has 0 saturated carbocycles. The monoisotopic (exact) mass is 200 g/mol. The SMILES string of the molecule is CC(C)(C)C1(C)CC(=O)N(CCN)O1. The summed E-state index contributed by atoms with van der Waals surface area (Å²) in [4.78, 5) is 17.2. The van der Waals surface area contributed by atoms with Crippen LogP contribution in [0, 0.1) is 5.41 Å². The van der Waals surface area contributed by atoms with Gasteiger partial charge in [-0.25, -0.2) is 5.06 Å². The molecule has 4 nitrogen and oxygen atoms in total. The van der Waals surface area contributed by atoms with Gasteiger partial charge in [-0.1, -0.05) is 20.8 Å². The van der Waals surface area contributed by atoms with Crippen LogP contribution in [0.25, 0.3) is 0 Å². The Kier molecular flexibility index (Phi) is 2.88. The summed E-state index contributed by atoms with van der Waals surface area (Å²) in [6.07, 6.45) is 0.441. The molecule has 1 aliphatic heterocycles. The molecule has 0 bridgehead atoms. The average molecular weight is 200 g/mol. The van der Waals surface area contributed by atoms with Crippen LogP contribution in [0.1, 0.15) is 34.1 Å². The lowest BCUT2D eigenvalue weighted by molar-refractivity contribution is -0.219. The zero-order valence-corrected chi connectivity index (χ0v) is 9.46. The average Bonchev–Trinajstić information content (AvgIpc) is 2.27. The number of rotatable bonds is 2. The predicted molar refractivity (Wildman–Crippen MR) is 54.3 cm³/mol. The lowest BCUT2D eigenvalue weighted by Gasteiger charge is -2.36. The van der Waals surface area contributed by atoms with Crippen molar-refractivity contribution in [1.29, 1.82) is 0 Å². The Morgan fingerprint density at radius 3 is 2.50 bits per heavy atom. The Bertz CT molecular complexity index is 235. The second-order valence-electron chi connectivity index (χ2n) is 5.03. The van der Waals surface area contributed by atoms with Gasteiger partial charge in [-0.05, 0) is 12.3 Å². The van der Waals surface area contributed by atoms with Crippen LogP contribution in [-0.4, -0.2) is 29.7 Å². The highest BCUT2D eigenvalue weighted by molar-refractivity contribution is 5.78. The Hall–Kier alpha value is -0.610. The van der Waals surface area contributed by atoms with Crippen molar-refractivity contribution in [2.75, 3.05) is 13.1 Å². The van der Waals surface area contributed by atoms with Gasteiger partial charge < -0.3 is 5.73 Å². The van der Waals surface area contributed by atoms with Crippen LogP contribution < -0.4 is 5.73 Å². The molecule has 0 aromatic heterocycles. The molecule has 1 aliphatic rings. The molecule has 14 heavy (non-hydrogen) atoms. The third kappa shape index (κ3) is 1.91. The predicted octanol–water partition coefficient (Wildman–Crippen LogP) is 0.914. The zero-order chi connectivity index (χ0) is 11.0. The Morgan fingerprint density at radius 1 is 1.57 bits per heavy atom. The quantitative estimate of drug-likeness (QED) is 0.721. The first-order valence-electron chi connectivity index (χ1n) is 5.00. The van der Waals surface area contributed by atoms with Crippen molar-refractivity contribution in [3.05, 3.63) is 0 Å². The third-order valence-corrected chi connectivity index (χ3v) is 3.00. The van der Waals surface area contributed by atoms with E-state index in [1.807, 2.05) is 6.92 Å². The van der Waals surface area contributed by atoms with Gasteiger partial charge in [0.15, 0.2) is 0 Å². The molecule has 1 heterocycles. The van der Waals surface area contributed by atoms with E-state index in [2.05, 4.69) is 20.8 Å². The summed E-state index contributed by atoms with van der Waals surface area (Å²) >= 11 is 0. The van der Waals surface area contributed by atoms with Crippen LogP contribution in [0.15, 0.2) is 0 Å². The number of nitrogens with zero attached hydrogens (tertiary/aromatic N) is 1. The summed E-state index contributed by atoms with van der Waals surface area (Å²) in [6.45, 7) is 9.11. The van der Waals surface area contributed by atoms with Crippen molar-refractivity contribution in [3.63, 3.8) is 0 Å². The van der Waals surface area contributed by atoms with E-state index in [4.69, 9.17) is 10.6 Å². The first-order chi connectivity index (χ1) is 6.30. The second kappa shape index (κ2) is 3.51. The molecule has 2 N–H and O–H groups in total. The number of amides is 1. The van der Waals surface area contributed by atoms with Gasteiger partial charge >= 0.3 is 0 Å². The van der Waals surface area contributed by atoms with Crippen molar-refractivity contribution in [1.82, 2.24) is 5.06 Å². The lowest BCUT2D eigenvalue weighted by Crippen LogP contribution is -2.41. The van der Waals surface area contributed by atoms with Crippen LogP contribution in [0.3, 0.4) is 0 Å². The van der Waals surface area contributed by atoms with Crippen molar-refractivity contribution in [2.24, 2.45) is 11.1 Å². The Labute approximate surface area is 85.3 Å². The highest BCUT2D eigenvalue weighted by Gasteiger charge is 2.48. The number of carbonyl (C=O) groups excluding carboxylic acids is 1. The molecule has 1 rings (SSSR count). The van der Waals surface area contributed by atoms with Gasteiger partial charge in [0.05, 0.1) is 13.0 Å². The normalized spacial score (nSPS) is 28.6. The van der Waals surface area contributed by atoms with Crippen LogP contribution in [0.5, 0.6) is 0 Å². The van der Waals surface area contributed by atoms with E-state index in [-0.39, 0.29) is 11.3 Å². The van der Waals surface area contributed by atoms with Gasteiger partial charge in [-0.3, -0.25) is 9.63 Å². The van der Waals surface area contributed by atoms with E-state index in [0.717, 1.165) is 0 Å². The van der Waals surface area contributed by atoms with E-state index in [1.165, 1.54) is 5.06 Å². The minimum absolute atomic E-state index is 0.0351. The molecule has 0 aromatic rings. The van der Waals surface area contributed by atoms with Gasteiger partial charge in [-0.2, -0.15) is 0 Å².